The summed E-state index contributed by atoms with van der Waals surface area (Å²) in [7, 11) is 0. The number of hydrogen-bond acceptors (Lipinski definition) is 4. The molecule has 21 heavy (non-hydrogen) atoms. The molecule has 0 saturated heterocycles. The van der Waals surface area contributed by atoms with Crippen LogP contribution in [-0.2, 0) is 22.6 Å². The van der Waals surface area contributed by atoms with Crippen LogP contribution in [0.15, 0.2) is 11.4 Å². The van der Waals surface area contributed by atoms with E-state index in [1.165, 1.54) is 10.4 Å². The zero-order valence-electron chi connectivity index (χ0n) is 12.5. The molecule has 2 N–H and O–H groups in total. The first-order valence-electron chi connectivity index (χ1n) is 7.16. The van der Waals surface area contributed by atoms with Crippen LogP contribution in [0.2, 0.25) is 0 Å². The Kier molecular flexibility index (Phi) is 5.00. The molecule has 1 aromatic heterocycles. The standard InChI is InChI=1S/C15H22N2O3S/c1-15(2,10-18)16-13(19)3-4-14(20)17-7-5-12-11(9-17)6-8-21-12/h6,8,18H,3-5,7,9-10H2,1-2H3,(H,16,19). The highest BCUT2D eigenvalue weighted by molar-refractivity contribution is 7.10. The molecular weight excluding hydrogens is 288 g/mol. The number of carbonyl (C=O) groups excluding carboxylic acids is 2. The number of fused-ring (bicyclic) bond motifs is 1. The van der Waals surface area contributed by atoms with Gasteiger partial charge in [-0.05, 0) is 37.3 Å². The summed E-state index contributed by atoms with van der Waals surface area (Å²) in [5.41, 5.74) is 0.585. The predicted molar refractivity (Wildman–Crippen MR) is 82.0 cm³/mol. The number of nitrogens with zero attached hydrogens (tertiary/aromatic N) is 1. The Hall–Kier alpha value is -1.40. The fraction of sp³-hybridized carbons (Fsp3) is 0.600. The van der Waals surface area contributed by atoms with Gasteiger partial charge >= 0.3 is 0 Å². The molecule has 0 atom stereocenters. The van der Waals surface area contributed by atoms with Crippen LogP contribution in [0.25, 0.3) is 0 Å². The van der Waals surface area contributed by atoms with Crippen LogP contribution >= 0.6 is 11.3 Å². The minimum Gasteiger partial charge on any atom is -0.394 e. The maximum atomic E-state index is 12.2. The molecule has 116 valence electrons. The molecule has 6 heteroatoms. The molecule has 1 aromatic rings. The first kappa shape index (κ1) is 16.0. The summed E-state index contributed by atoms with van der Waals surface area (Å²) in [6, 6.07) is 2.07. The lowest BCUT2D eigenvalue weighted by atomic mass is 10.1. The van der Waals surface area contributed by atoms with Gasteiger partial charge in [0.15, 0.2) is 0 Å². The summed E-state index contributed by atoms with van der Waals surface area (Å²) in [5, 5.41) is 13.9. The van der Waals surface area contributed by atoms with Gasteiger partial charge in [-0.1, -0.05) is 0 Å². The van der Waals surface area contributed by atoms with E-state index in [9.17, 15) is 9.59 Å². The smallest absolute Gasteiger partial charge is 0.223 e. The van der Waals surface area contributed by atoms with Gasteiger partial charge in [-0.25, -0.2) is 0 Å². The van der Waals surface area contributed by atoms with Crippen molar-refractivity contribution in [3.8, 4) is 0 Å². The van der Waals surface area contributed by atoms with Gasteiger partial charge in [0, 0.05) is 30.8 Å². The number of amides is 2. The molecule has 0 radical (unpaired) electrons. The zero-order valence-corrected chi connectivity index (χ0v) is 13.3. The average molecular weight is 310 g/mol. The second-order valence-corrected chi connectivity index (χ2v) is 7.03. The van der Waals surface area contributed by atoms with E-state index in [1.54, 1.807) is 25.2 Å². The molecule has 2 heterocycles. The summed E-state index contributed by atoms with van der Waals surface area (Å²) in [6.45, 7) is 4.75. The van der Waals surface area contributed by atoms with E-state index in [-0.39, 0.29) is 31.3 Å². The van der Waals surface area contributed by atoms with Gasteiger partial charge in [-0.3, -0.25) is 9.59 Å². The molecule has 0 saturated carbocycles. The summed E-state index contributed by atoms with van der Waals surface area (Å²) in [4.78, 5) is 27.1. The second kappa shape index (κ2) is 6.58. The van der Waals surface area contributed by atoms with E-state index in [0.29, 0.717) is 6.54 Å². The number of aliphatic hydroxyl groups excluding tert-OH is 1. The normalized spacial score (nSPS) is 14.7. The van der Waals surface area contributed by atoms with Crippen molar-refractivity contribution in [2.45, 2.75) is 45.2 Å². The SMILES string of the molecule is CC(C)(CO)NC(=O)CCC(=O)N1CCc2sccc2C1. The lowest BCUT2D eigenvalue weighted by Gasteiger charge is -2.27. The molecule has 2 amide bonds. The number of aliphatic hydroxyl groups is 1. The number of nitrogens with one attached hydrogen (secondary N) is 1. The summed E-state index contributed by atoms with van der Waals surface area (Å²) >= 11 is 1.74. The summed E-state index contributed by atoms with van der Waals surface area (Å²) < 4.78 is 0. The molecule has 0 aliphatic carbocycles. The Bertz CT molecular complexity index is 525. The van der Waals surface area contributed by atoms with Crippen LogP contribution < -0.4 is 5.32 Å². The largest absolute Gasteiger partial charge is 0.394 e. The lowest BCUT2D eigenvalue weighted by Crippen LogP contribution is -2.46. The highest BCUT2D eigenvalue weighted by Gasteiger charge is 2.23. The van der Waals surface area contributed by atoms with E-state index >= 15 is 0 Å². The van der Waals surface area contributed by atoms with Crippen LogP contribution in [0.1, 0.15) is 37.1 Å². The summed E-state index contributed by atoms with van der Waals surface area (Å²) in [5.74, 6) is -0.181. The molecule has 0 fully saturated rings. The highest BCUT2D eigenvalue weighted by atomic mass is 32.1. The molecule has 1 aliphatic heterocycles. The van der Waals surface area contributed by atoms with Crippen molar-refractivity contribution in [3.05, 3.63) is 21.9 Å². The Balaban J connectivity index is 1.79. The van der Waals surface area contributed by atoms with Gasteiger partial charge in [-0.15, -0.1) is 11.3 Å². The van der Waals surface area contributed by atoms with E-state index < -0.39 is 5.54 Å². The predicted octanol–water partition coefficient (Wildman–Crippen LogP) is 1.30. The van der Waals surface area contributed by atoms with Crippen LogP contribution in [-0.4, -0.2) is 40.5 Å². The Labute approximate surface area is 129 Å². The first-order chi connectivity index (χ1) is 9.91. The van der Waals surface area contributed by atoms with E-state index in [4.69, 9.17) is 5.11 Å². The van der Waals surface area contributed by atoms with Gasteiger partial charge in [0.25, 0.3) is 0 Å². The van der Waals surface area contributed by atoms with Gasteiger partial charge < -0.3 is 15.3 Å². The topological polar surface area (TPSA) is 69.6 Å². The average Bonchev–Trinajstić information content (AvgIpc) is 2.91. The maximum Gasteiger partial charge on any atom is 0.223 e. The third-order valence-electron chi connectivity index (χ3n) is 3.60. The van der Waals surface area contributed by atoms with Crippen molar-refractivity contribution in [2.75, 3.05) is 13.2 Å². The summed E-state index contributed by atoms with van der Waals surface area (Å²) in [6.07, 6.45) is 1.28. The Morgan fingerprint density at radius 2 is 2.19 bits per heavy atom. The van der Waals surface area contributed by atoms with E-state index in [0.717, 1.165) is 13.0 Å². The Morgan fingerprint density at radius 3 is 2.90 bits per heavy atom. The van der Waals surface area contributed by atoms with Gasteiger partial charge in [0.1, 0.15) is 0 Å². The first-order valence-corrected chi connectivity index (χ1v) is 8.04. The maximum absolute atomic E-state index is 12.2. The third-order valence-corrected chi connectivity index (χ3v) is 4.62. The fourth-order valence-electron chi connectivity index (χ4n) is 2.32. The number of thiophene rings is 1. The van der Waals surface area contributed by atoms with Crippen LogP contribution in [0, 0.1) is 0 Å². The molecule has 0 spiro atoms. The monoisotopic (exact) mass is 310 g/mol. The van der Waals surface area contributed by atoms with Gasteiger partial charge in [0.2, 0.25) is 11.8 Å². The lowest BCUT2D eigenvalue weighted by molar-refractivity contribution is -0.134. The molecular formula is C15H22N2O3S. The number of carbonyl (C=O) groups is 2. The molecule has 5 nitrogen and oxygen atoms in total. The van der Waals surface area contributed by atoms with Crippen molar-refractivity contribution < 1.29 is 14.7 Å². The highest BCUT2D eigenvalue weighted by Crippen LogP contribution is 2.24. The van der Waals surface area contributed by atoms with Crippen molar-refractivity contribution in [1.82, 2.24) is 10.2 Å². The van der Waals surface area contributed by atoms with Crippen LogP contribution in [0.4, 0.5) is 0 Å². The molecule has 0 bridgehead atoms. The Morgan fingerprint density at radius 1 is 1.43 bits per heavy atom. The van der Waals surface area contributed by atoms with Crippen molar-refractivity contribution in [1.29, 1.82) is 0 Å². The van der Waals surface area contributed by atoms with Crippen molar-refractivity contribution in [2.24, 2.45) is 0 Å². The van der Waals surface area contributed by atoms with E-state index in [2.05, 4.69) is 16.8 Å². The molecule has 2 rings (SSSR count). The van der Waals surface area contributed by atoms with Gasteiger partial charge in [0.05, 0.1) is 12.1 Å². The minimum atomic E-state index is -0.642. The number of hydrogen-bond donors (Lipinski definition) is 2. The van der Waals surface area contributed by atoms with Crippen LogP contribution in [0.5, 0.6) is 0 Å². The van der Waals surface area contributed by atoms with Crippen molar-refractivity contribution in [3.63, 3.8) is 0 Å². The van der Waals surface area contributed by atoms with Crippen molar-refractivity contribution >= 4 is 23.2 Å². The van der Waals surface area contributed by atoms with Gasteiger partial charge in [-0.2, -0.15) is 0 Å². The molecule has 0 unspecified atom stereocenters. The third kappa shape index (κ3) is 4.28. The molecule has 1 aliphatic rings. The quantitative estimate of drug-likeness (QED) is 0.861. The molecule has 0 aromatic carbocycles. The fourth-order valence-corrected chi connectivity index (χ4v) is 3.21. The van der Waals surface area contributed by atoms with E-state index in [1.807, 2.05) is 4.90 Å². The number of rotatable bonds is 5. The zero-order chi connectivity index (χ0) is 15.5. The van der Waals surface area contributed by atoms with Crippen LogP contribution in [0.3, 0.4) is 0 Å². The minimum absolute atomic E-state index is 0.0174. The second-order valence-electron chi connectivity index (χ2n) is 6.02.